The van der Waals surface area contributed by atoms with Crippen LogP contribution in [0, 0.1) is 0 Å². The van der Waals surface area contributed by atoms with Crippen LogP contribution in [-0.2, 0) is 6.42 Å². The van der Waals surface area contributed by atoms with Crippen LogP contribution in [-0.4, -0.2) is 18.6 Å². The quantitative estimate of drug-likeness (QED) is 0.783. The Balaban J connectivity index is 1.58. The van der Waals surface area contributed by atoms with E-state index in [0.717, 1.165) is 24.3 Å². The van der Waals surface area contributed by atoms with E-state index in [1.807, 2.05) is 42.5 Å². The summed E-state index contributed by atoms with van der Waals surface area (Å²) in [5.41, 5.74) is 3.20. The van der Waals surface area contributed by atoms with Crippen molar-refractivity contribution in [1.82, 2.24) is 5.32 Å². The van der Waals surface area contributed by atoms with Gasteiger partial charge in [-0.25, -0.2) is 4.79 Å². The van der Waals surface area contributed by atoms with Crippen LogP contribution in [0.15, 0.2) is 54.6 Å². The standard InChI is InChI=1S/C16H17N3O/c20-16(18-13-7-2-1-3-8-13)19-14-10-12-6-4-5-9-15(12)17-11-14/h1-9,14,17H,10-11H2,(H2,18,19,20). The van der Waals surface area contributed by atoms with Crippen LogP contribution in [0.5, 0.6) is 0 Å². The van der Waals surface area contributed by atoms with Crippen molar-refractivity contribution in [2.45, 2.75) is 12.5 Å². The Morgan fingerprint density at radius 1 is 1.05 bits per heavy atom. The van der Waals surface area contributed by atoms with E-state index in [9.17, 15) is 4.79 Å². The molecule has 4 nitrogen and oxygen atoms in total. The SMILES string of the molecule is O=C(Nc1ccccc1)NC1CNc2ccccc2C1. The topological polar surface area (TPSA) is 53.2 Å². The number of hydrogen-bond donors (Lipinski definition) is 3. The van der Waals surface area contributed by atoms with Crippen molar-refractivity contribution in [3.05, 3.63) is 60.2 Å². The molecule has 0 saturated heterocycles. The number of urea groups is 1. The average molecular weight is 267 g/mol. The molecule has 0 bridgehead atoms. The fourth-order valence-corrected chi connectivity index (χ4v) is 2.42. The summed E-state index contributed by atoms with van der Waals surface area (Å²) in [5, 5.41) is 9.17. The van der Waals surface area contributed by atoms with E-state index in [2.05, 4.69) is 28.1 Å². The van der Waals surface area contributed by atoms with Gasteiger partial charge in [0.15, 0.2) is 0 Å². The lowest BCUT2D eigenvalue weighted by atomic mass is 10.00. The van der Waals surface area contributed by atoms with Crippen molar-refractivity contribution in [2.75, 3.05) is 17.2 Å². The third-order valence-corrected chi connectivity index (χ3v) is 3.39. The molecular formula is C16H17N3O. The second kappa shape index (κ2) is 5.65. The zero-order valence-corrected chi connectivity index (χ0v) is 11.1. The predicted octanol–water partition coefficient (Wildman–Crippen LogP) is 2.84. The molecule has 0 fully saturated rings. The Morgan fingerprint density at radius 2 is 1.80 bits per heavy atom. The van der Waals surface area contributed by atoms with Crippen LogP contribution < -0.4 is 16.0 Å². The van der Waals surface area contributed by atoms with Gasteiger partial charge in [-0.1, -0.05) is 36.4 Å². The van der Waals surface area contributed by atoms with E-state index in [-0.39, 0.29) is 12.1 Å². The smallest absolute Gasteiger partial charge is 0.319 e. The van der Waals surface area contributed by atoms with Gasteiger partial charge in [0.1, 0.15) is 0 Å². The molecule has 1 aliphatic rings. The van der Waals surface area contributed by atoms with Gasteiger partial charge in [0.2, 0.25) is 0 Å². The summed E-state index contributed by atoms with van der Waals surface area (Å²) >= 11 is 0. The van der Waals surface area contributed by atoms with Crippen molar-refractivity contribution in [3.8, 4) is 0 Å². The average Bonchev–Trinajstić information content (AvgIpc) is 2.48. The van der Waals surface area contributed by atoms with Crippen LogP contribution >= 0.6 is 0 Å². The number of para-hydroxylation sites is 2. The number of amides is 2. The van der Waals surface area contributed by atoms with Crippen molar-refractivity contribution in [1.29, 1.82) is 0 Å². The Labute approximate surface area is 118 Å². The highest BCUT2D eigenvalue weighted by molar-refractivity contribution is 5.89. The number of rotatable bonds is 2. The van der Waals surface area contributed by atoms with E-state index in [0.29, 0.717) is 0 Å². The third kappa shape index (κ3) is 2.91. The molecular weight excluding hydrogens is 250 g/mol. The molecule has 2 aromatic rings. The van der Waals surface area contributed by atoms with Crippen molar-refractivity contribution >= 4 is 17.4 Å². The van der Waals surface area contributed by atoms with Crippen molar-refractivity contribution in [2.24, 2.45) is 0 Å². The zero-order valence-electron chi connectivity index (χ0n) is 11.1. The summed E-state index contributed by atoms with van der Waals surface area (Å²) in [6.45, 7) is 0.749. The summed E-state index contributed by atoms with van der Waals surface area (Å²) in [4.78, 5) is 11.9. The number of anilines is 2. The minimum Gasteiger partial charge on any atom is -0.383 e. The first-order valence-corrected chi connectivity index (χ1v) is 6.75. The Kier molecular flexibility index (Phi) is 3.54. The molecule has 0 aliphatic carbocycles. The predicted molar refractivity (Wildman–Crippen MR) is 81.0 cm³/mol. The summed E-state index contributed by atoms with van der Waals surface area (Å²) in [5.74, 6) is 0. The van der Waals surface area contributed by atoms with E-state index in [1.54, 1.807) is 0 Å². The lowest BCUT2D eigenvalue weighted by Gasteiger charge is -2.26. The largest absolute Gasteiger partial charge is 0.383 e. The summed E-state index contributed by atoms with van der Waals surface area (Å²) in [6, 6.07) is 17.6. The summed E-state index contributed by atoms with van der Waals surface area (Å²) in [6.07, 6.45) is 0.853. The van der Waals surface area contributed by atoms with E-state index < -0.39 is 0 Å². The maximum Gasteiger partial charge on any atom is 0.319 e. The highest BCUT2D eigenvalue weighted by atomic mass is 16.2. The summed E-state index contributed by atoms with van der Waals surface area (Å²) < 4.78 is 0. The molecule has 0 aromatic heterocycles. The minimum absolute atomic E-state index is 0.105. The number of benzene rings is 2. The van der Waals surface area contributed by atoms with Gasteiger partial charge in [-0.2, -0.15) is 0 Å². The molecule has 1 unspecified atom stereocenters. The Bertz CT molecular complexity index is 598. The maximum atomic E-state index is 11.9. The van der Waals surface area contributed by atoms with Gasteiger partial charge in [-0.15, -0.1) is 0 Å². The van der Waals surface area contributed by atoms with Crippen LogP contribution in [0.2, 0.25) is 0 Å². The molecule has 2 aromatic carbocycles. The van der Waals surface area contributed by atoms with Crippen LogP contribution in [0.1, 0.15) is 5.56 Å². The number of carbonyl (C=O) groups excluding carboxylic acids is 1. The molecule has 4 heteroatoms. The van der Waals surface area contributed by atoms with Gasteiger partial charge in [0, 0.05) is 17.9 Å². The molecule has 20 heavy (non-hydrogen) atoms. The monoisotopic (exact) mass is 267 g/mol. The first-order chi connectivity index (χ1) is 9.81. The maximum absolute atomic E-state index is 11.9. The highest BCUT2D eigenvalue weighted by Crippen LogP contribution is 2.21. The molecule has 1 aliphatic heterocycles. The normalized spacial score (nSPS) is 16.7. The fourth-order valence-electron chi connectivity index (χ4n) is 2.42. The van der Waals surface area contributed by atoms with Gasteiger partial charge < -0.3 is 16.0 Å². The number of fused-ring (bicyclic) bond motifs is 1. The van der Waals surface area contributed by atoms with E-state index >= 15 is 0 Å². The number of nitrogens with one attached hydrogen (secondary N) is 3. The van der Waals surface area contributed by atoms with Gasteiger partial charge in [0.25, 0.3) is 0 Å². The lowest BCUT2D eigenvalue weighted by Crippen LogP contribution is -2.45. The van der Waals surface area contributed by atoms with E-state index in [1.165, 1.54) is 5.56 Å². The van der Waals surface area contributed by atoms with Gasteiger partial charge >= 0.3 is 6.03 Å². The molecule has 3 N–H and O–H groups in total. The second-order valence-corrected chi connectivity index (χ2v) is 4.90. The lowest BCUT2D eigenvalue weighted by molar-refractivity contribution is 0.248. The summed E-state index contributed by atoms with van der Waals surface area (Å²) in [7, 11) is 0. The molecule has 2 amide bonds. The zero-order chi connectivity index (χ0) is 13.8. The van der Waals surface area contributed by atoms with Crippen LogP contribution in [0.3, 0.4) is 0 Å². The van der Waals surface area contributed by atoms with Crippen molar-refractivity contribution < 1.29 is 4.79 Å². The van der Waals surface area contributed by atoms with E-state index in [4.69, 9.17) is 0 Å². The first-order valence-electron chi connectivity index (χ1n) is 6.75. The first kappa shape index (κ1) is 12.5. The molecule has 1 heterocycles. The van der Waals surface area contributed by atoms with Crippen molar-refractivity contribution in [3.63, 3.8) is 0 Å². The third-order valence-electron chi connectivity index (χ3n) is 3.39. The molecule has 1 atom stereocenters. The Hall–Kier alpha value is -2.49. The minimum atomic E-state index is -0.164. The molecule has 3 rings (SSSR count). The van der Waals surface area contributed by atoms with Gasteiger partial charge in [-0.3, -0.25) is 0 Å². The van der Waals surface area contributed by atoms with Crippen LogP contribution in [0.25, 0.3) is 0 Å². The van der Waals surface area contributed by atoms with Gasteiger partial charge in [0.05, 0.1) is 6.04 Å². The molecule has 0 saturated carbocycles. The molecule has 0 radical (unpaired) electrons. The number of carbonyl (C=O) groups is 1. The molecule has 0 spiro atoms. The van der Waals surface area contributed by atoms with Crippen LogP contribution in [0.4, 0.5) is 16.2 Å². The Morgan fingerprint density at radius 3 is 2.65 bits per heavy atom. The second-order valence-electron chi connectivity index (χ2n) is 4.90. The van der Waals surface area contributed by atoms with Gasteiger partial charge in [-0.05, 0) is 30.2 Å². The highest BCUT2D eigenvalue weighted by Gasteiger charge is 2.19. The molecule has 102 valence electrons. The fraction of sp³-hybridized carbons (Fsp3) is 0.188. The number of hydrogen-bond acceptors (Lipinski definition) is 2.